The summed E-state index contributed by atoms with van der Waals surface area (Å²) in [5.74, 6) is 0.370. The number of hydrogen-bond donors (Lipinski definition) is 1. The molecular formula is C20H34O7S3. The fraction of sp³-hybridized carbons (Fsp3) is 0.700. The van der Waals surface area contributed by atoms with E-state index in [4.69, 9.17) is 18.4 Å². The SMILES string of the molecule is CSOOc1c(C(C)(C)C)c(OOSC)c(C(C)(C)C)c(S(=O)(=O)O)c1C(C)(C)C. The van der Waals surface area contributed by atoms with Crippen LogP contribution >= 0.6 is 24.1 Å². The molecule has 1 rings (SSSR count). The van der Waals surface area contributed by atoms with E-state index in [0.717, 1.165) is 24.1 Å². The summed E-state index contributed by atoms with van der Waals surface area (Å²) in [4.78, 5) is 11.0. The first kappa shape index (κ1) is 27.4. The minimum Gasteiger partial charge on any atom is -0.324 e. The minimum atomic E-state index is -4.67. The third kappa shape index (κ3) is 6.20. The molecule has 0 aliphatic carbocycles. The molecule has 0 radical (unpaired) electrons. The lowest BCUT2D eigenvalue weighted by molar-refractivity contribution is -0.0905. The van der Waals surface area contributed by atoms with Crippen molar-refractivity contribution in [1.82, 2.24) is 0 Å². The molecule has 7 nitrogen and oxygen atoms in total. The molecule has 0 spiro atoms. The van der Waals surface area contributed by atoms with Crippen molar-refractivity contribution in [2.24, 2.45) is 0 Å². The molecule has 0 aliphatic rings. The molecule has 0 fully saturated rings. The molecule has 0 atom stereocenters. The molecule has 0 aromatic heterocycles. The fourth-order valence-corrected chi connectivity index (χ4v) is 4.87. The molecule has 0 bridgehead atoms. The summed E-state index contributed by atoms with van der Waals surface area (Å²) in [6.45, 7) is 16.9. The molecule has 1 aromatic rings. The zero-order chi connectivity index (χ0) is 23.7. The second-order valence-electron chi connectivity index (χ2n) is 9.97. The highest BCUT2D eigenvalue weighted by Gasteiger charge is 2.43. The van der Waals surface area contributed by atoms with Gasteiger partial charge in [0.05, 0.1) is 5.56 Å². The third-order valence-corrected chi connectivity index (χ3v) is 5.57. The summed E-state index contributed by atoms with van der Waals surface area (Å²) in [5.41, 5.74) is -0.794. The lowest BCUT2D eigenvalue weighted by Crippen LogP contribution is -2.29. The Morgan fingerprint density at radius 2 is 0.967 bits per heavy atom. The van der Waals surface area contributed by atoms with Gasteiger partial charge in [-0.2, -0.15) is 8.42 Å². The van der Waals surface area contributed by atoms with Gasteiger partial charge in [0.25, 0.3) is 10.1 Å². The Bertz CT molecular complexity index is 811. The fourth-order valence-electron chi connectivity index (χ4n) is 3.29. The normalized spacial score (nSPS) is 13.5. The zero-order valence-corrected chi connectivity index (χ0v) is 22.1. The van der Waals surface area contributed by atoms with E-state index in [1.165, 1.54) is 0 Å². The highest BCUT2D eigenvalue weighted by molar-refractivity contribution is 7.94. The highest BCUT2D eigenvalue weighted by atomic mass is 32.2. The molecule has 30 heavy (non-hydrogen) atoms. The average molecular weight is 483 g/mol. The van der Waals surface area contributed by atoms with Gasteiger partial charge in [0.15, 0.2) is 11.5 Å². The quantitative estimate of drug-likeness (QED) is 0.217. The largest absolute Gasteiger partial charge is 0.324 e. The summed E-state index contributed by atoms with van der Waals surface area (Å²) in [6.07, 6.45) is 3.35. The van der Waals surface area contributed by atoms with Crippen LogP contribution in [0.2, 0.25) is 0 Å². The van der Waals surface area contributed by atoms with Crippen molar-refractivity contribution in [3.05, 3.63) is 16.7 Å². The van der Waals surface area contributed by atoms with E-state index < -0.39 is 26.4 Å². The topological polar surface area (TPSA) is 91.3 Å². The van der Waals surface area contributed by atoms with Crippen LogP contribution in [0.5, 0.6) is 11.5 Å². The van der Waals surface area contributed by atoms with Gasteiger partial charge in [-0.05, 0) is 16.2 Å². The molecule has 0 unspecified atom stereocenters. The van der Waals surface area contributed by atoms with Crippen molar-refractivity contribution in [1.29, 1.82) is 0 Å². The van der Waals surface area contributed by atoms with Crippen LogP contribution in [-0.2, 0) is 35.0 Å². The molecular weight excluding hydrogens is 448 g/mol. The van der Waals surface area contributed by atoms with Gasteiger partial charge in [0, 0.05) is 47.7 Å². The van der Waals surface area contributed by atoms with Crippen LogP contribution in [0.4, 0.5) is 0 Å². The van der Waals surface area contributed by atoms with Gasteiger partial charge in [-0.15, -0.1) is 8.67 Å². The van der Waals surface area contributed by atoms with Gasteiger partial charge >= 0.3 is 0 Å². The van der Waals surface area contributed by atoms with Gasteiger partial charge in [-0.3, -0.25) is 4.55 Å². The van der Waals surface area contributed by atoms with Gasteiger partial charge < -0.3 is 9.78 Å². The van der Waals surface area contributed by atoms with Crippen molar-refractivity contribution < 1.29 is 31.4 Å². The first-order chi connectivity index (χ1) is 13.4. The standard InChI is InChI=1S/C20H34O7S3/c1-18(2,3)12-15(24-26-28-10)13(19(4,5)6)17(30(21,22)23)14(20(7,8)9)16(12)25-27-29-11/h1-11H3,(H,21,22,23). The van der Waals surface area contributed by atoms with Crippen LogP contribution in [0, 0.1) is 0 Å². The second-order valence-corrected chi connectivity index (χ2v) is 12.3. The summed E-state index contributed by atoms with van der Waals surface area (Å²) < 4.78 is 46.2. The second kappa shape index (κ2) is 9.46. The van der Waals surface area contributed by atoms with Crippen LogP contribution < -0.4 is 9.78 Å². The number of rotatable bonds is 7. The number of hydrogen-bond acceptors (Lipinski definition) is 8. The summed E-state index contributed by atoms with van der Waals surface area (Å²) in [5, 5.41) is 0. The Labute approximate surface area is 189 Å². The zero-order valence-electron chi connectivity index (χ0n) is 19.6. The molecule has 1 N–H and O–H groups in total. The third-order valence-electron chi connectivity index (χ3n) is 4.24. The molecule has 0 aliphatic heterocycles. The Morgan fingerprint density at radius 1 is 0.667 bits per heavy atom. The van der Waals surface area contributed by atoms with Crippen molar-refractivity contribution >= 4 is 34.2 Å². The van der Waals surface area contributed by atoms with Gasteiger partial charge in [0.2, 0.25) is 0 Å². The van der Waals surface area contributed by atoms with Crippen LogP contribution in [0.3, 0.4) is 0 Å². The Kier molecular flexibility index (Phi) is 8.63. The van der Waals surface area contributed by atoms with Crippen LogP contribution in [0.1, 0.15) is 79.0 Å². The first-order valence-electron chi connectivity index (χ1n) is 9.36. The Balaban J connectivity index is 4.50. The van der Waals surface area contributed by atoms with Crippen molar-refractivity contribution in [3.8, 4) is 11.5 Å². The lowest BCUT2D eigenvalue weighted by Gasteiger charge is -2.35. The molecule has 174 valence electrons. The van der Waals surface area contributed by atoms with E-state index in [9.17, 15) is 13.0 Å². The smallest absolute Gasteiger partial charge is 0.295 e. The van der Waals surface area contributed by atoms with Gasteiger partial charge in [-0.25, -0.2) is 0 Å². The molecule has 0 amide bonds. The van der Waals surface area contributed by atoms with Gasteiger partial charge in [-0.1, -0.05) is 62.3 Å². The van der Waals surface area contributed by atoms with Crippen molar-refractivity contribution in [2.75, 3.05) is 12.5 Å². The average Bonchev–Trinajstić information content (AvgIpc) is 2.52. The molecule has 0 saturated heterocycles. The lowest BCUT2D eigenvalue weighted by atomic mass is 9.73. The van der Waals surface area contributed by atoms with E-state index >= 15 is 0 Å². The van der Waals surface area contributed by atoms with Crippen LogP contribution in [0.25, 0.3) is 0 Å². The Hall–Kier alpha value is -0.650. The van der Waals surface area contributed by atoms with Gasteiger partial charge in [0.1, 0.15) is 4.90 Å². The van der Waals surface area contributed by atoms with Crippen molar-refractivity contribution in [3.63, 3.8) is 0 Å². The summed E-state index contributed by atoms with van der Waals surface area (Å²) >= 11 is 1.94. The van der Waals surface area contributed by atoms with Crippen LogP contribution in [0.15, 0.2) is 4.90 Å². The maximum absolute atomic E-state index is 12.7. The molecule has 1 aromatic carbocycles. The van der Waals surface area contributed by atoms with Crippen LogP contribution in [-0.4, -0.2) is 25.5 Å². The van der Waals surface area contributed by atoms with E-state index in [0.29, 0.717) is 16.7 Å². The maximum atomic E-state index is 12.7. The first-order valence-corrected chi connectivity index (χ1v) is 13.1. The predicted molar refractivity (Wildman–Crippen MR) is 123 cm³/mol. The highest BCUT2D eigenvalue weighted by Crippen LogP contribution is 2.53. The molecule has 0 heterocycles. The summed E-state index contributed by atoms with van der Waals surface area (Å²) in [7, 11) is -4.67. The monoisotopic (exact) mass is 482 g/mol. The number of benzene rings is 1. The predicted octanol–water partition coefficient (Wildman–Crippen LogP) is 6.00. The summed E-state index contributed by atoms with van der Waals surface area (Å²) in [6, 6.07) is 0. The van der Waals surface area contributed by atoms with E-state index in [-0.39, 0.29) is 16.4 Å². The maximum Gasteiger partial charge on any atom is 0.295 e. The van der Waals surface area contributed by atoms with E-state index in [1.807, 2.05) is 62.3 Å². The van der Waals surface area contributed by atoms with Crippen molar-refractivity contribution in [2.45, 2.75) is 83.5 Å². The Morgan fingerprint density at radius 3 is 1.17 bits per heavy atom. The molecule has 10 heteroatoms. The van der Waals surface area contributed by atoms with E-state index in [2.05, 4.69) is 0 Å². The minimum absolute atomic E-state index is 0.185. The van der Waals surface area contributed by atoms with E-state index in [1.54, 1.807) is 12.5 Å². The molecule has 0 saturated carbocycles.